The molecule has 36 heavy (non-hydrogen) atoms. The van der Waals surface area contributed by atoms with Gasteiger partial charge in [0.1, 0.15) is 11.5 Å². The van der Waals surface area contributed by atoms with Gasteiger partial charge in [-0.15, -0.1) is 0 Å². The van der Waals surface area contributed by atoms with Crippen LogP contribution in [-0.4, -0.2) is 43.7 Å². The van der Waals surface area contributed by atoms with Crippen LogP contribution in [0.5, 0.6) is 0 Å². The van der Waals surface area contributed by atoms with Gasteiger partial charge in [0.05, 0.1) is 6.54 Å². The molecule has 3 aliphatic rings. The second-order valence-corrected chi connectivity index (χ2v) is 9.95. The Bertz CT molecular complexity index is 1420. The first-order valence-electron chi connectivity index (χ1n) is 12.1. The Kier molecular flexibility index (Phi) is 5.06. The highest BCUT2D eigenvalue weighted by Crippen LogP contribution is 2.46. The molecule has 3 amide bonds. The lowest BCUT2D eigenvalue weighted by molar-refractivity contribution is -0.130. The number of aromatic nitrogens is 3. The van der Waals surface area contributed by atoms with Crippen LogP contribution in [0.25, 0.3) is 0 Å². The predicted octanol–water partition coefficient (Wildman–Crippen LogP) is 2.00. The van der Waals surface area contributed by atoms with E-state index in [9.17, 15) is 14.4 Å². The van der Waals surface area contributed by atoms with Gasteiger partial charge in [0.25, 0.3) is 11.8 Å². The van der Waals surface area contributed by atoms with Gasteiger partial charge >= 0.3 is 0 Å². The SMILES string of the molecule is Cc1cc(N)nc(C)c1CNC(=O)c1cn2c(n1)C(=O)Nc1cc(CN3CC4CC4C3=O)ccc1C2. The first kappa shape index (κ1) is 22.3. The maximum atomic E-state index is 13.0. The van der Waals surface area contributed by atoms with Gasteiger partial charge in [-0.2, -0.15) is 0 Å². The summed E-state index contributed by atoms with van der Waals surface area (Å²) in [6.07, 6.45) is 2.63. The molecule has 10 nitrogen and oxygen atoms in total. The number of carbonyl (C=O) groups is 3. The third-order valence-electron chi connectivity index (χ3n) is 7.35. The molecule has 1 saturated carbocycles. The van der Waals surface area contributed by atoms with Crippen molar-refractivity contribution in [1.29, 1.82) is 0 Å². The van der Waals surface area contributed by atoms with Gasteiger partial charge in [-0.05, 0) is 60.6 Å². The van der Waals surface area contributed by atoms with Crippen molar-refractivity contribution in [3.8, 4) is 0 Å². The average molecular weight is 486 g/mol. The Balaban J connectivity index is 1.17. The smallest absolute Gasteiger partial charge is 0.291 e. The van der Waals surface area contributed by atoms with Gasteiger partial charge in [0, 0.05) is 43.1 Å². The molecule has 4 N–H and O–H groups in total. The molecule has 3 aromatic rings. The quantitative estimate of drug-likeness (QED) is 0.506. The minimum atomic E-state index is -0.377. The Morgan fingerprint density at radius 1 is 1.22 bits per heavy atom. The Morgan fingerprint density at radius 2 is 2.06 bits per heavy atom. The summed E-state index contributed by atoms with van der Waals surface area (Å²) in [5.41, 5.74) is 11.1. The number of imidazole rings is 1. The maximum Gasteiger partial charge on any atom is 0.291 e. The number of nitrogen functional groups attached to an aromatic ring is 1. The summed E-state index contributed by atoms with van der Waals surface area (Å²) in [6.45, 7) is 5.82. The molecule has 6 rings (SSSR count). The van der Waals surface area contributed by atoms with E-state index in [1.165, 1.54) is 0 Å². The van der Waals surface area contributed by atoms with E-state index < -0.39 is 0 Å². The monoisotopic (exact) mass is 485 g/mol. The third-order valence-corrected chi connectivity index (χ3v) is 7.35. The standard InChI is InChI=1S/C26H27N7O3/c1-13-5-22(27)29-14(2)19(13)8-28-24(34)21-12-32-10-16-4-3-15(6-20(16)31-25(35)23(32)30-21)9-33-11-17-7-18(17)26(33)36/h3-6,12,17-18H,7-11H2,1-2H3,(H2,27,29)(H,28,34)(H,31,35). The minimum Gasteiger partial charge on any atom is -0.384 e. The Labute approximate surface area is 207 Å². The number of nitrogens with zero attached hydrogens (tertiary/aromatic N) is 4. The molecule has 2 unspecified atom stereocenters. The number of amides is 3. The topological polar surface area (TPSA) is 135 Å². The first-order valence-corrected chi connectivity index (χ1v) is 12.1. The van der Waals surface area contributed by atoms with E-state index in [2.05, 4.69) is 20.6 Å². The zero-order chi connectivity index (χ0) is 25.1. The van der Waals surface area contributed by atoms with Crippen molar-refractivity contribution in [3.05, 3.63) is 69.9 Å². The number of anilines is 2. The fraction of sp³-hybridized carbons (Fsp3) is 0.346. The van der Waals surface area contributed by atoms with E-state index in [0.29, 0.717) is 30.5 Å². The second-order valence-electron chi connectivity index (χ2n) is 9.95. The molecule has 1 aliphatic carbocycles. The van der Waals surface area contributed by atoms with Gasteiger partial charge < -0.3 is 25.8 Å². The van der Waals surface area contributed by atoms with Crippen molar-refractivity contribution >= 4 is 29.2 Å². The third kappa shape index (κ3) is 3.88. The van der Waals surface area contributed by atoms with E-state index in [1.54, 1.807) is 16.8 Å². The molecule has 0 radical (unpaired) electrons. The van der Waals surface area contributed by atoms with E-state index >= 15 is 0 Å². The highest BCUT2D eigenvalue weighted by molar-refractivity contribution is 6.04. The molecule has 4 heterocycles. The average Bonchev–Trinajstić information content (AvgIpc) is 3.39. The van der Waals surface area contributed by atoms with Crippen molar-refractivity contribution in [2.75, 3.05) is 17.6 Å². The summed E-state index contributed by atoms with van der Waals surface area (Å²) in [6, 6.07) is 7.64. The molecular formula is C26H27N7O3. The van der Waals surface area contributed by atoms with Gasteiger partial charge in [0.2, 0.25) is 5.91 Å². The Hall–Kier alpha value is -4.21. The van der Waals surface area contributed by atoms with Crippen molar-refractivity contribution < 1.29 is 14.4 Å². The zero-order valence-electron chi connectivity index (χ0n) is 20.2. The van der Waals surface area contributed by atoms with Crippen LogP contribution < -0.4 is 16.4 Å². The summed E-state index contributed by atoms with van der Waals surface area (Å²) in [4.78, 5) is 48.6. The molecule has 0 spiro atoms. The van der Waals surface area contributed by atoms with Gasteiger partial charge in [0.15, 0.2) is 5.82 Å². The Morgan fingerprint density at radius 3 is 2.81 bits per heavy atom. The molecule has 1 saturated heterocycles. The number of nitrogens with one attached hydrogen (secondary N) is 2. The van der Waals surface area contributed by atoms with Crippen LogP contribution in [0, 0.1) is 25.7 Å². The lowest BCUT2D eigenvalue weighted by Gasteiger charge is -2.19. The number of piperidine rings is 1. The van der Waals surface area contributed by atoms with Crippen LogP contribution in [0.1, 0.15) is 55.5 Å². The highest BCUT2D eigenvalue weighted by Gasteiger charge is 2.51. The number of hydrogen-bond donors (Lipinski definition) is 3. The first-order chi connectivity index (χ1) is 17.3. The van der Waals surface area contributed by atoms with Crippen LogP contribution in [0.2, 0.25) is 0 Å². The maximum absolute atomic E-state index is 13.0. The minimum absolute atomic E-state index is 0.171. The van der Waals surface area contributed by atoms with Crippen molar-refractivity contribution in [1.82, 2.24) is 24.8 Å². The van der Waals surface area contributed by atoms with E-state index in [4.69, 9.17) is 5.73 Å². The number of pyridine rings is 1. The summed E-state index contributed by atoms with van der Waals surface area (Å²) >= 11 is 0. The van der Waals surface area contributed by atoms with Crippen molar-refractivity contribution in [2.45, 2.75) is 39.9 Å². The normalized spacial score (nSPS) is 19.8. The number of fused-ring (bicyclic) bond motifs is 3. The number of carbonyl (C=O) groups excluding carboxylic acids is 3. The number of hydrogen-bond acceptors (Lipinski definition) is 6. The number of benzene rings is 1. The highest BCUT2D eigenvalue weighted by atomic mass is 16.2. The van der Waals surface area contributed by atoms with Crippen LogP contribution >= 0.6 is 0 Å². The van der Waals surface area contributed by atoms with E-state index in [1.807, 2.05) is 36.9 Å². The number of rotatable bonds is 5. The second kappa shape index (κ2) is 8.18. The molecule has 1 aromatic carbocycles. The number of likely N-dealkylation sites (tertiary alicyclic amines) is 1. The van der Waals surface area contributed by atoms with Gasteiger partial charge in [-0.1, -0.05) is 12.1 Å². The van der Waals surface area contributed by atoms with Gasteiger partial charge in [-0.3, -0.25) is 14.4 Å². The molecule has 184 valence electrons. The zero-order valence-corrected chi connectivity index (χ0v) is 20.2. The van der Waals surface area contributed by atoms with Crippen LogP contribution in [-0.2, 0) is 24.4 Å². The summed E-state index contributed by atoms with van der Waals surface area (Å²) < 4.78 is 1.69. The molecule has 2 aromatic heterocycles. The fourth-order valence-electron chi connectivity index (χ4n) is 5.30. The van der Waals surface area contributed by atoms with Crippen molar-refractivity contribution in [2.24, 2.45) is 11.8 Å². The lowest BCUT2D eigenvalue weighted by Crippen LogP contribution is -2.27. The molecule has 2 fully saturated rings. The molecule has 0 bridgehead atoms. The van der Waals surface area contributed by atoms with Crippen LogP contribution in [0.3, 0.4) is 0 Å². The van der Waals surface area contributed by atoms with Crippen LogP contribution in [0.4, 0.5) is 11.5 Å². The summed E-state index contributed by atoms with van der Waals surface area (Å²) in [5.74, 6) is 0.859. The van der Waals surface area contributed by atoms with Crippen molar-refractivity contribution in [3.63, 3.8) is 0 Å². The molecular weight excluding hydrogens is 458 g/mol. The predicted molar refractivity (Wildman–Crippen MR) is 132 cm³/mol. The van der Waals surface area contributed by atoms with E-state index in [-0.39, 0.29) is 41.7 Å². The molecule has 2 atom stereocenters. The molecule has 2 aliphatic heterocycles. The lowest BCUT2D eigenvalue weighted by atomic mass is 10.1. The molecule has 10 heteroatoms. The van der Waals surface area contributed by atoms with E-state index in [0.717, 1.165) is 40.9 Å². The summed E-state index contributed by atoms with van der Waals surface area (Å²) in [7, 11) is 0. The largest absolute Gasteiger partial charge is 0.384 e. The van der Waals surface area contributed by atoms with Gasteiger partial charge in [-0.25, -0.2) is 9.97 Å². The fourth-order valence-corrected chi connectivity index (χ4v) is 5.30. The number of aryl methyl sites for hydroxylation is 2. The van der Waals surface area contributed by atoms with Crippen LogP contribution in [0.15, 0.2) is 30.5 Å². The number of nitrogens with two attached hydrogens (primary N) is 1. The summed E-state index contributed by atoms with van der Waals surface area (Å²) in [5, 5.41) is 5.79.